The first-order valence-electron chi connectivity index (χ1n) is 12.3. The lowest BCUT2D eigenvalue weighted by Crippen LogP contribution is -2.71. The molecule has 0 aromatic heterocycles. The summed E-state index contributed by atoms with van der Waals surface area (Å²) in [7, 11) is 13.5. The maximum atomic E-state index is 9.57. The van der Waals surface area contributed by atoms with E-state index in [4.69, 9.17) is 20.4 Å². The predicted molar refractivity (Wildman–Crippen MR) is 126 cm³/mol. The normalized spacial score (nSPS) is 39.7. The van der Waals surface area contributed by atoms with Crippen LogP contribution in [0.4, 0.5) is 0 Å². The van der Waals surface area contributed by atoms with E-state index >= 15 is 0 Å². The van der Waals surface area contributed by atoms with Gasteiger partial charge in [-0.05, 0) is 64.5 Å². The summed E-state index contributed by atoms with van der Waals surface area (Å²) >= 11 is 0. The first-order chi connectivity index (χ1) is 15.3. The van der Waals surface area contributed by atoms with Crippen LogP contribution < -0.4 is 21.3 Å². The molecular formula is C22H39B2N5O3. The number of hydrogen-bond acceptors (Lipinski definition) is 8. The minimum Gasteiger partial charge on any atom is -0.377 e. The molecule has 3 heterocycles. The zero-order valence-corrected chi connectivity index (χ0v) is 19.3. The van der Waals surface area contributed by atoms with Gasteiger partial charge in [0.25, 0.3) is 0 Å². The molecule has 0 aromatic carbocycles. The number of aliphatic hydroxyl groups is 2. The smallest absolute Gasteiger partial charge is 0.178 e. The monoisotopic (exact) mass is 443 g/mol. The highest BCUT2D eigenvalue weighted by Crippen LogP contribution is 2.42. The molecule has 4 radical (unpaired) electrons. The van der Waals surface area contributed by atoms with E-state index in [1.807, 2.05) is 0 Å². The third kappa shape index (κ3) is 6.57. The van der Waals surface area contributed by atoms with Crippen molar-refractivity contribution in [1.82, 2.24) is 26.2 Å². The van der Waals surface area contributed by atoms with Gasteiger partial charge in [-0.25, -0.2) is 0 Å². The molecule has 0 amide bonds. The van der Waals surface area contributed by atoms with Gasteiger partial charge >= 0.3 is 0 Å². The second-order valence-electron chi connectivity index (χ2n) is 10.2. The molecule has 2 saturated heterocycles. The molecule has 0 aromatic rings. The standard InChI is InChI=1S/C22H39B2N5O3/c1-29-7-2-4-14(6-8-29)18-11-16(10-15-5-3-9-32-20(15)18)25-21-26-17(13-23)12-19(27-21)28-22(24,30)31/h6,15-21,25-28,30-31H,2-5,7-13H2,1H3. The molecule has 3 aliphatic heterocycles. The summed E-state index contributed by atoms with van der Waals surface area (Å²) in [6.07, 6.45) is 10.1. The van der Waals surface area contributed by atoms with Crippen LogP contribution in [0.2, 0.25) is 6.32 Å². The summed E-state index contributed by atoms with van der Waals surface area (Å²) in [5.41, 5.74) is 1.56. The average molecular weight is 443 g/mol. The number of nitrogens with zero attached hydrogens (tertiary/aromatic N) is 1. The highest BCUT2D eigenvalue weighted by Gasteiger charge is 2.42. The summed E-state index contributed by atoms with van der Waals surface area (Å²) in [5, 5.41) is 32.4. The number of rotatable bonds is 6. The minimum absolute atomic E-state index is 0.0406. The molecular weight excluding hydrogens is 404 g/mol. The van der Waals surface area contributed by atoms with Crippen molar-refractivity contribution < 1.29 is 14.9 Å². The van der Waals surface area contributed by atoms with Crippen LogP contribution in [0.3, 0.4) is 0 Å². The maximum Gasteiger partial charge on any atom is 0.178 e. The summed E-state index contributed by atoms with van der Waals surface area (Å²) in [5.74, 6) is -1.41. The lowest BCUT2D eigenvalue weighted by molar-refractivity contribution is -0.125. The Morgan fingerprint density at radius 2 is 2.09 bits per heavy atom. The Hall–Kier alpha value is -0.450. The number of hydrogen-bond donors (Lipinski definition) is 6. The fourth-order valence-electron chi connectivity index (χ4n) is 6.08. The second-order valence-corrected chi connectivity index (χ2v) is 10.2. The van der Waals surface area contributed by atoms with Crippen LogP contribution in [0.15, 0.2) is 11.6 Å². The quantitative estimate of drug-likeness (QED) is 0.182. The highest BCUT2D eigenvalue weighted by molar-refractivity contribution is 6.12. The number of ether oxygens (including phenoxy) is 1. The summed E-state index contributed by atoms with van der Waals surface area (Å²) in [4.78, 5) is 2.39. The van der Waals surface area contributed by atoms with Gasteiger partial charge in [-0.15, -0.1) is 0 Å². The Bertz CT molecular complexity index is 650. The molecule has 32 heavy (non-hydrogen) atoms. The van der Waals surface area contributed by atoms with Gasteiger partial charge in [0.05, 0.1) is 20.1 Å². The van der Waals surface area contributed by atoms with Gasteiger partial charge in [-0.3, -0.25) is 21.3 Å². The lowest BCUT2D eigenvalue weighted by Gasteiger charge is -2.47. The van der Waals surface area contributed by atoms with E-state index in [0.29, 0.717) is 36.7 Å². The van der Waals surface area contributed by atoms with Crippen molar-refractivity contribution in [3.63, 3.8) is 0 Å². The van der Waals surface area contributed by atoms with Gasteiger partial charge in [0.1, 0.15) is 6.29 Å². The van der Waals surface area contributed by atoms with Crippen molar-refractivity contribution >= 4 is 15.7 Å². The van der Waals surface area contributed by atoms with Crippen LogP contribution in [0, 0.1) is 11.8 Å². The molecule has 0 bridgehead atoms. The van der Waals surface area contributed by atoms with Crippen molar-refractivity contribution in [1.29, 1.82) is 0 Å². The molecule has 1 saturated carbocycles. The van der Waals surface area contributed by atoms with E-state index in [2.05, 4.69) is 39.3 Å². The molecule has 0 spiro atoms. The molecule has 7 unspecified atom stereocenters. The Labute approximate surface area is 195 Å². The average Bonchev–Trinajstić information content (AvgIpc) is 2.96. The molecule has 8 nitrogen and oxygen atoms in total. The lowest BCUT2D eigenvalue weighted by atomic mass is 9.70. The summed E-state index contributed by atoms with van der Waals surface area (Å²) in [6.45, 7) is 3.04. The molecule has 7 atom stereocenters. The first-order valence-corrected chi connectivity index (χ1v) is 12.3. The number of nitrogens with one attached hydrogen (secondary N) is 4. The minimum atomic E-state index is -2.43. The molecule has 4 aliphatic rings. The molecule has 10 heteroatoms. The molecule has 1 aliphatic carbocycles. The van der Waals surface area contributed by atoms with E-state index in [-0.39, 0.29) is 18.5 Å². The Morgan fingerprint density at radius 3 is 2.88 bits per heavy atom. The first kappa shape index (κ1) is 24.7. The van der Waals surface area contributed by atoms with Crippen LogP contribution in [0.25, 0.3) is 0 Å². The van der Waals surface area contributed by atoms with Crippen LogP contribution in [0.5, 0.6) is 0 Å². The van der Waals surface area contributed by atoms with Crippen molar-refractivity contribution in [2.75, 3.05) is 26.7 Å². The van der Waals surface area contributed by atoms with Crippen LogP contribution in [-0.2, 0) is 4.74 Å². The predicted octanol–water partition coefficient (Wildman–Crippen LogP) is -0.696. The van der Waals surface area contributed by atoms with Crippen molar-refractivity contribution in [2.45, 2.75) is 87.7 Å². The third-order valence-corrected chi connectivity index (χ3v) is 7.53. The van der Waals surface area contributed by atoms with Crippen LogP contribution in [-0.4, -0.2) is 94.0 Å². The fourth-order valence-corrected chi connectivity index (χ4v) is 6.08. The molecule has 176 valence electrons. The molecule has 4 rings (SSSR count). The van der Waals surface area contributed by atoms with E-state index in [0.717, 1.165) is 45.4 Å². The third-order valence-electron chi connectivity index (χ3n) is 7.53. The van der Waals surface area contributed by atoms with Gasteiger partial charge in [0, 0.05) is 31.2 Å². The van der Waals surface area contributed by atoms with Gasteiger partial charge in [-0.1, -0.05) is 18.0 Å². The molecule has 3 fully saturated rings. The fraction of sp³-hybridized carbons (Fsp3) is 0.909. The zero-order chi connectivity index (χ0) is 22.7. The summed E-state index contributed by atoms with van der Waals surface area (Å²) < 4.78 is 6.35. The van der Waals surface area contributed by atoms with Crippen LogP contribution in [0.1, 0.15) is 44.9 Å². The van der Waals surface area contributed by atoms with Crippen LogP contribution >= 0.6 is 0 Å². The van der Waals surface area contributed by atoms with E-state index < -0.39 is 5.81 Å². The SMILES string of the molecule is [B]CC1CC(NC([B])(O)O)NC(NC2CC3CCCOC3C(C3=CCN(C)CCC3)C2)N1. The van der Waals surface area contributed by atoms with E-state index in [9.17, 15) is 10.2 Å². The Kier molecular flexibility index (Phi) is 8.38. The number of fused-ring (bicyclic) bond motifs is 1. The van der Waals surface area contributed by atoms with Gasteiger partial charge < -0.3 is 19.8 Å². The Morgan fingerprint density at radius 1 is 1.25 bits per heavy atom. The van der Waals surface area contributed by atoms with Gasteiger partial charge in [0.15, 0.2) is 13.7 Å². The van der Waals surface area contributed by atoms with E-state index in [1.54, 1.807) is 5.57 Å². The van der Waals surface area contributed by atoms with Gasteiger partial charge in [-0.2, -0.15) is 0 Å². The van der Waals surface area contributed by atoms with E-state index in [1.165, 1.54) is 12.8 Å². The molecule has 6 N–H and O–H groups in total. The van der Waals surface area contributed by atoms with Gasteiger partial charge in [0.2, 0.25) is 0 Å². The van der Waals surface area contributed by atoms with Crippen molar-refractivity contribution in [2.24, 2.45) is 11.8 Å². The van der Waals surface area contributed by atoms with Crippen molar-refractivity contribution in [3.05, 3.63) is 11.6 Å². The topological polar surface area (TPSA) is 101 Å². The second kappa shape index (κ2) is 10.9. The largest absolute Gasteiger partial charge is 0.377 e. The summed E-state index contributed by atoms with van der Waals surface area (Å²) in [6, 6.07) is 0.372. The number of likely N-dealkylation sites (N-methyl/N-ethyl adjacent to an activating group) is 1. The zero-order valence-electron chi connectivity index (χ0n) is 19.3. The van der Waals surface area contributed by atoms with Crippen molar-refractivity contribution in [3.8, 4) is 0 Å². The maximum absolute atomic E-state index is 9.57. The Balaban J connectivity index is 1.44. The highest BCUT2D eigenvalue weighted by atomic mass is 16.5.